The zero-order chi connectivity index (χ0) is 14.8. The second-order valence-electron chi connectivity index (χ2n) is 5.14. The first-order chi connectivity index (χ1) is 10.2. The number of piperazine rings is 1. The molecule has 4 N–H and O–H groups in total. The van der Waals surface area contributed by atoms with Crippen molar-refractivity contribution in [3.8, 4) is 0 Å². The lowest BCUT2D eigenvalue weighted by Crippen LogP contribution is -2.47. The number of hydrazine groups is 1. The fourth-order valence-electron chi connectivity index (χ4n) is 2.66. The highest BCUT2D eigenvalue weighted by atomic mass is 32.1. The number of aliphatic hydroxyl groups excluding tert-OH is 1. The smallest absolute Gasteiger partial charge is 0.240 e. The van der Waals surface area contributed by atoms with Crippen LogP contribution < -0.4 is 16.2 Å². The monoisotopic (exact) mass is 308 g/mol. The third-order valence-electron chi connectivity index (χ3n) is 3.71. The molecule has 1 aliphatic heterocycles. The lowest BCUT2D eigenvalue weighted by molar-refractivity contribution is 0.188. The summed E-state index contributed by atoms with van der Waals surface area (Å²) in [5.74, 6) is 6.88. The SMILES string of the molecule is Cc1cc2c(N3CCN(CCO)CC3)nc(NN)nc2s1. The molecule has 0 aliphatic carbocycles. The molecule has 1 fully saturated rings. The fourth-order valence-corrected chi connectivity index (χ4v) is 3.53. The number of aliphatic hydroxyl groups is 1. The molecule has 0 spiro atoms. The Hall–Kier alpha value is -1.48. The van der Waals surface area contributed by atoms with Crippen LogP contribution in [0.1, 0.15) is 4.88 Å². The van der Waals surface area contributed by atoms with E-state index in [4.69, 9.17) is 10.9 Å². The molecule has 8 heteroatoms. The Bertz CT molecular complexity index is 622. The maximum Gasteiger partial charge on any atom is 0.240 e. The Kier molecular flexibility index (Phi) is 4.20. The zero-order valence-electron chi connectivity index (χ0n) is 12.0. The van der Waals surface area contributed by atoms with E-state index in [2.05, 4.69) is 38.2 Å². The number of fused-ring (bicyclic) bond motifs is 1. The third kappa shape index (κ3) is 2.93. The summed E-state index contributed by atoms with van der Waals surface area (Å²) in [6.45, 7) is 6.67. The van der Waals surface area contributed by atoms with Gasteiger partial charge in [0, 0.05) is 37.6 Å². The molecule has 1 aliphatic rings. The molecule has 0 amide bonds. The van der Waals surface area contributed by atoms with Gasteiger partial charge in [-0.2, -0.15) is 4.98 Å². The number of hydrogen-bond acceptors (Lipinski definition) is 8. The molecule has 114 valence electrons. The maximum absolute atomic E-state index is 9.02. The molecule has 0 bridgehead atoms. The summed E-state index contributed by atoms with van der Waals surface area (Å²) in [6, 6.07) is 2.13. The van der Waals surface area contributed by atoms with Crippen molar-refractivity contribution in [1.29, 1.82) is 0 Å². The van der Waals surface area contributed by atoms with E-state index in [-0.39, 0.29) is 6.61 Å². The van der Waals surface area contributed by atoms with Crippen LogP contribution in [0.25, 0.3) is 10.2 Å². The normalized spacial score (nSPS) is 16.6. The molecule has 21 heavy (non-hydrogen) atoms. The molecular formula is C13H20N6OS. The van der Waals surface area contributed by atoms with Gasteiger partial charge in [0.05, 0.1) is 12.0 Å². The van der Waals surface area contributed by atoms with Gasteiger partial charge in [-0.15, -0.1) is 11.3 Å². The number of aryl methyl sites for hydroxylation is 1. The molecule has 3 rings (SSSR count). The largest absolute Gasteiger partial charge is 0.395 e. The molecule has 2 aromatic heterocycles. The number of aromatic nitrogens is 2. The van der Waals surface area contributed by atoms with E-state index < -0.39 is 0 Å². The summed E-state index contributed by atoms with van der Waals surface area (Å²) in [5, 5.41) is 10.1. The van der Waals surface area contributed by atoms with Gasteiger partial charge in [0.25, 0.3) is 0 Å². The second kappa shape index (κ2) is 6.10. The van der Waals surface area contributed by atoms with Gasteiger partial charge < -0.3 is 10.0 Å². The Balaban J connectivity index is 1.89. The standard InChI is InChI=1S/C13H20N6OS/c1-9-8-10-11(15-13(17-14)16-12(10)21-9)19-4-2-18(3-5-19)6-7-20/h8,20H,2-7,14H2,1H3,(H,15,16,17). The number of β-amino-alcohol motifs (C(OH)–C–C–N with tert-alkyl or cyclic N) is 1. The number of nitrogens with one attached hydrogen (secondary N) is 1. The van der Waals surface area contributed by atoms with E-state index in [1.165, 1.54) is 4.88 Å². The minimum atomic E-state index is 0.211. The summed E-state index contributed by atoms with van der Waals surface area (Å²) in [7, 11) is 0. The predicted octanol–water partition coefficient (Wildman–Crippen LogP) is 0.400. The van der Waals surface area contributed by atoms with Crippen molar-refractivity contribution >= 4 is 33.3 Å². The Labute approximate surface area is 127 Å². The molecule has 0 saturated carbocycles. The molecule has 0 atom stereocenters. The molecular weight excluding hydrogens is 288 g/mol. The van der Waals surface area contributed by atoms with E-state index in [0.717, 1.165) is 48.8 Å². The molecule has 0 unspecified atom stereocenters. The van der Waals surface area contributed by atoms with E-state index in [1.807, 2.05) is 0 Å². The first-order valence-corrected chi connectivity index (χ1v) is 7.86. The van der Waals surface area contributed by atoms with Crippen molar-refractivity contribution < 1.29 is 5.11 Å². The van der Waals surface area contributed by atoms with Gasteiger partial charge in [-0.05, 0) is 13.0 Å². The van der Waals surface area contributed by atoms with E-state index >= 15 is 0 Å². The molecule has 0 radical (unpaired) electrons. The van der Waals surface area contributed by atoms with Crippen LogP contribution in [-0.2, 0) is 0 Å². The molecule has 0 aromatic carbocycles. The van der Waals surface area contributed by atoms with Gasteiger partial charge in [0.2, 0.25) is 5.95 Å². The van der Waals surface area contributed by atoms with E-state index in [0.29, 0.717) is 5.95 Å². The van der Waals surface area contributed by atoms with Crippen molar-refractivity contribution in [2.75, 3.05) is 49.7 Å². The highest BCUT2D eigenvalue weighted by Crippen LogP contribution is 2.32. The predicted molar refractivity (Wildman–Crippen MR) is 85.7 cm³/mol. The Morgan fingerprint density at radius 2 is 2.10 bits per heavy atom. The summed E-state index contributed by atoms with van der Waals surface area (Å²) < 4.78 is 0. The van der Waals surface area contributed by atoms with Crippen LogP contribution in [0, 0.1) is 6.92 Å². The summed E-state index contributed by atoms with van der Waals surface area (Å²) in [4.78, 5) is 15.7. The minimum absolute atomic E-state index is 0.211. The zero-order valence-corrected chi connectivity index (χ0v) is 12.9. The molecule has 1 saturated heterocycles. The molecule has 7 nitrogen and oxygen atoms in total. The van der Waals surface area contributed by atoms with Crippen molar-refractivity contribution in [2.45, 2.75) is 6.92 Å². The van der Waals surface area contributed by atoms with Gasteiger partial charge in [-0.1, -0.05) is 0 Å². The number of hydrogen-bond donors (Lipinski definition) is 3. The second-order valence-corrected chi connectivity index (χ2v) is 6.38. The average Bonchev–Trinajstić information content (AvgIpc) is 2.87. The van der Waals surface area contributed by atoms with Gasteiger partial charge in [0.15, 0.2) is 0 Å². The van der Waals surface area contributed by atoms with Crippen LogP contribution in [0.2, 0.25) is 0 Å². The highest BCUT2D eigenvalue weighted by molar-refractivity contribution is 7.18. The van der Waals surface area contributed by atoms with Crippen LogP contribution in [-0.4, -0.2) is 59.3 Å². The lowest BCUT2D eigenvalue weighted by atomic mass is 10.2. The lowest BCUT2D eigenvalue weighted by Gasteiger charge is -2.35. The van der Waals surface area contributed by atoms with Gasteiger partial charge in [-0.3, -0.25) is 10.3 Å². The number of anilines is 2. The maximum atomic E-state index is 9.02. The van der Waals surface area contributed by atoms with Gasteiger partial charge >= 0.3 is 0 Å². The summed E-state index contributed by atoms with van der Waals surface area (Å²) >= 11 is 1.65. The summed E-state index contributed by atoms with van der Waals surface area (Å²) in [6.07, 6.45) is 0. The van der Waals surface area contributed by atoms with Gasteiger partial charge in [0.1, 0.15) is 10.6 Å². The van der Waals surface area contributed by atoms with E-state index in [9.17, 15) is 0 Å². The van der Waals surface area contributed by atoms with Crippen LogP contribution in [0.3, 0.4) is 0 Å². The van der Waals surface area contributed by atoms with Crippen LogP contribution in [0.15, 0.2) is 6.07 Å². The van der Waals surface area contributed by atoms with Crippen LogP contribution >= 0.6 is 11.3 Å². The quantitative estimate of drug-likeness (QED) is 0.556. The number of nitrogen functional groups attached to an aromatic ring is 1. The van der Waals surface area contributed by atoms with Crippen molar-refractivity contribution in [3.05, 3.63) is 10.9 Å². The number of nitrogens with two attached hydrogens (primary N) is 1. The number of thiophene rings is 1. The van der Waals surface area contributed by atoms with Gasteiger partial charge in [-0.25, -0.2) is 10.8 Å². The van der Waals surface area contributed by atoms with Crippen molar-refractivity contribution in [1.82, 2.24) is 14.9 Å². The van der Waals surface area contributed by atoms with E-state index in [1.54, 1.807) is 11.3 Å². The first kappa shape index (κ1) is 14.5. The molecule has 3 heterocycles. The van der Waals surface area contributed by atoms with Crippen LogP contribution in [0.4, 0.5) is 11.8 Å². The highest BCUT2D eigenvalue weighted by Gasteiger charge is 2.21. The van der Waals surface area contributed by atoms with Crippen molar-refractivity contribution in [3.63, 3.8) is 0 Å². The Morgan fingerprint density at radius 3 is 2.76 bits per heavy atom. The number of nitrogens with zero attached hydrogens (tertiary/aromatic N) is 4. The topological polar surface area (TPSA) is 90.5 Å². The number of rotatable bonds is 4. The fraction of sp³-hybridized carbons (Fsp3) is 0.538. The Morgan fingerprint density at radius 1 is 1.33 bits per heavy atom. The first-order valence-electron chi connectivity index (χ1n) is 7.04. The minimum Gasteiger partial charge on any atom is -0.395 e. The van der Waals surface area contributed by atoms with Crippen molar-refractivity contribution in [2.24, 2.45) is 5.84 Å². The average molecular weight is 308 g/mol. The molecule has 2 aromatic rings. The van der Waals surface area contributed by atoms with Crippen LogP contribution in [0.5, 0.6) is 0 Å². The third-order valence-corrected chi connectivity index (χ3v) is 4.66. The summed E-state index contributed by atoms with van der Waals surface area (Å²) in [5.41, 5.74) is 2.55.